The van der Waals surface area contributed by atoms with Crippen molar-refractivity contribution in [2.75, 3.05) is 5.75 Å². The SMILES string of the molecule is Cc1cc(C)nc(SCC(=O)N/N=C/c2ccccc2OCc2ccc(C(=O)O)cc2)n1. The minimum atomic E-state index is -0.971. The molecule has 0 radical (unpaired) electrons. The number of ether oxygens (including phenoxy) is 1. The fourth-order valence-electron chi connectivity index (χ4n) is 2.72. The number of hydrazone groups is 1. The first kappa shape index (κ1) is 23.0. The van der Waals surface area contributed by atoms with Gasteiger partial charge in [0.1, 0.15) is 12.4 Å². The van der Waals surface area contributed by atoms with Gasteiger partial charge in [0.2, 0.25) is 0 Å². The molecule has 1 heterocycles. The predicted molar refractivity (Wildman–Crippen MR) is 122 cm³/mol. The number of amides is 1. The lowest BCUT2D eigenvalue weighted by atomic mass is 10.1. The summed E-state index contributed by atoms with van der Waals surface area (Å²) in [6.07, 6.45) is 1.51. The summed E-state index contributed by atoms with van der Waals surface area (Å²) in [5.41, 5.74) is 5.95. The van der Waals surface area contributed by atoms with E-state index in [2.05, 4.69) is 20.5 Å². The van der Waals surface area contributed by atoms with Crippen molar-refractivity contribution in [1.29, 1.82) is 0 Å². The first-order valence-electron chi connectivity index (χ1n) is 9.72. The summed E-state index contributed by atoms with van der Waals surface area (Å²) < 4.78 is 5.84. The van der Waals surface area contributed by atoms with Crippen LogP contribution in [0.2, 0.25) is 0 Å². The molecule has 1 aromatic heterocycles. The van der Waals surface area contributed by atoms with Crippen LogP contribution in [-0.2, 0) is 11.4 Å². The van der Waals surface area contributed by atoms with Crippen molar-refractivity contribution in [2.45, 2.75) is 25.6 Å². The monoisotopic (exact) mass is 450 g/mol. The van der Waals surface area contributed by atoms with E-state index in [4.69, 9.17) is 9.84 Å². The first-order valence-corrected chi connectivity index (χ1v) is 10.7. The summed E-state index contributed by atoms with van der Waals surface area (Å²) in [7, 11) is 0. The quantitative estimate of drug-likeness (QED) is 0.222. The van der Waals surface area contributed by atoms with Crippen molar-refractivity contribution in [3.63, 3.8) is 0 Å². The zero-order valence-corrected chi connectivity index (χ0v) is 18.4. The van der Waals surface area contributed by atoms with Crippen LogP contribution >= 0.6 is 11.8 Å². The highest BCUT2D eigenvalue weighted by molar-refractivity contribution is 7.99. The van der Waals surface area contributed by atoms with E-state index in [1.54, 1.807) is 18.2 Å². The molecular formula is C23H22N4O4S. The van der Waals surface area contributed by atoms with Gasteiger partial charge in [0.05, 0.1) is 17.5 Å². The van der Waals surface area contributed by atoms with Gasteiger partial charge in [0.15, 0.2) is 5.16 Å². The Morgan fingerprint density at radius 1 is 1.09 bits per heavy atom. The minimum Gasteiger partial charge on any atom is -0.488 e. The lowest BCUT2D eigenvalue weighted by Crippen LogP contribution is -2.20. The van der Waals surface area contributed by atoms with E-state index in [1.165, 1.54) is 30.1 Å². The van der Waals surface area contributed by atoms with Crippen molar-refractivity contribution >= 4 is 29.9 Å². The molecule has 3 rings (SSSR count). The van der Waals surface area contributed by atoms with Crippen molar-refractivity contribution in [3.8, 4) is 5.75 Å². The van der Waals surface area contributed by atoms with Gasteiger partial charge in [-0.05, 0) is 49.7 Å². The maximum absolute atomic E-state index is 12.1. The van der Waals surface area contributed by atoms with Crippen LogP contribution in [0.3, 0.4) is 0 Å². The summed E-state index contributed by atoms with van der Waals surface area (Å²) in [4.78, 5) is 31.6. The average molecular weight is 451 g/mol. The third-order valence-corrected chi connectivity index (χ3v) is 5.05. The van der Waals surface area contributed by atoms with Gasteiger partial charge >= 0.3 is 5.97 Å². The Kier molecular flexibility index (Phi) is 7.93. The maximum atomic E-state index is 12.1. The lowest BCUT2D eigenvalue weighted by Gasteiger charge is -2.09. The molecule has 0 spiro atoms. The smallest absolute Gasteiger partial charge is 0.335 e. The number of carbonyl (C=O) groups is 2. The molecule has 0 fully saturated rings. The van der Waals surface area contributed by atoms with E-state index in [1.807, 2.05) is 38.1 Å². The highest BCUT2D eigenvalue weighted by Crippen LogP contribution is 2.18. The highest BCUT2D eigenvalue weighted by atomic mass is 32.2. The second-order valence-corrected chi connectivity index (χ2v) is 7.79. The van der Waals surface area contributed by atoms with E-state index in [0.29, 0.717) is 16.5 Å². The number of benzene rings is 2. The van der Waals surface area contributed by atoms with E-state index in [9.17, 15) is 9.59 Å². The molecule has 2 aromatic carbocycles. The number of carbonyl (C=O) groups excluding carboxylic acids is 1. The molecule has 0 aliphatic heterocycles. The second-order valence-electron chi connectivity index (χ2n) is 6.84. The van der Waals surface area contributed by atoms with Crippen molar-refractivity contribution in [2.24, 2.45) is 5.10 Å². The molecule has 0 unspecified atom stereocenters. The van der Waals surface area contributed by atoms with Gasteiger partial charge in [-0.3, -0.25) is 4.79 Å². The number of carboxylic acid groups (broad SMARTS) is 1. The normalized spacial score (nSPS) is 10.8. The number of hydrogen-bond acceptors (Lipinski definition) is 7. The topological polar surface area (TPSA) is 114 Å². The van der Waals surface area contributed by atoms with Crippen LogP contribution in [0.1, 0.15) is 32.9 Å². The molecule has 0 bridgehead atoms. The van der Waals surface area contributed by atoms with Crippen LogP contribution in [-0.4, -0.2) is 38.9 Å². The van der Waals surface area contributed by atoms with Gasteiger partial charge in [-0.25, -0.2) is 20.2 Å². The number of nitrogens with zero attached hydrogens (tertiary/aromatic N) is 3. The third-order valence-electron chi connectivity index (χ3n) is 4.20. The number of hydrogen-bond donors (Lipinski definition) is 2. The molecule has 9 heteroatoms. The number of thioether (sulfide) groups is 1. The average Bonchev–Trinajstić information content (AvgIpc) is 2.76. The number of aromatic nitrogens is 2. The number of aromatic carboxylic acids is 1. The van der Waals surface area contributed by atoms with E-state index in [-0.39, 0.29) is 23.8 Å². The fraction of sp³-hybridized carbons (Fsp3) is 0.174. The molecular weight excluding hydrogens is 428 g/mol. The summed E-state index contributed by atoms with van der Waals surface area (Å²) >= 11 is 1.25. The van der Waals surface area contributed by atoms with Crippen molar-refractivity contribution in [3.05, 3.63) is 82.7 Å². The van der Waals surface area contributed by atoms with Gasteiger partial charge in [0, 0.05) is 17.0 Å². The van der Waals surface area contributed by atoms with Crippen molar-refractivity contribution < 1.29 is 19.4 Å². The van der Waals surface area contributed by atoms with Crippen LogP contribution in [0, 0.1) is 13.8 Å². The van der Waals surface area contributed by atoms with Gasteiger partial charge < -0.3 is 9.84 Å². The van der Waals surface area contributed by atoms with E-state index < -0.39 is 5.97 Å². The molecule has 8 nitrogen and oxygen atoms in total. The second kappa shape index (κ2) is 11.1. The van der Waals surface area contributed by atoms with Gasteiger partial charge in [-0.15, -0.1) is 0 Å². The molecule has 32 heavy (non-hydrogen) atoms. The van der Waals surface area contributed by atoms with Gasteiger partial charge in [-0.1, -0.05) is 36.0 Å². The van der Waals surface area contributed by atoms with Crippen LogP contribution in [0.4, 0.5) is 0 Å². The molecule has 164 valence electrons. The fourth-order valence-corrected chi connectivity index (χ4v) is 3.46. The molecule has 0 saturated carbocycles. The number of para-hydroxylation sites is 1. The molecule has 0 atom stereocenters. The molecule has 0 saturated heterocycles. The largest absolute Gasteiger partial charge is 0.488 e. The molecule has 0 aliphatic carbocycles. The third kappa shape index (κ3) is 6.92. The van der Waals surface area contributed by atoms with Crippen molar-refractivity contribution in [1.82, 2.24) is 15.4 Å². The van der Waals surface area contributed by atoms with E-state index >= 15 is 0 Å². The summed E-state index contributed by atoms with van der Waals surface area (Å²) in [5.74, 6) is -0.511. The lowest BCUT2D eigenvalue weighted by molar-refractivity contribution is -0.118. The summed E-state index contributed by atoms with van der Waals surface area (Å²) in [6, 6.07) is 15.6. The molecule has 2 N–H and O–H groups in total. The number of nitrogens with one attached hydrogen (secondary N) is 1. The summed E-state index contributed by atoms with van der Waals surface area (Å²) in [6.45, 7) is 4.03. The maximum Gasteiger partial charge on any atom is 0.335 e. The molecule has 1 amide bonds. The minimum absolute atomic E-state index is 0.144. The van der Waals surface area contributed by atoms with E-state index in [0.717, 1.165) is 17.0 Å². The van der Waals surface area contributed by atoms with Crippen LogP contribution in [0.5, 0.6) is 5.75 Å². The van der Waals surface area contributed by atoms with Gasteiger partial charge in [0.25, 0.3) is 5.91 Å². The highest BCUT2D eigenvalue weighted by Gasteiger charge is 2.07. The molecule has 0 aliphatic rings. The Hall–Kier alpha value is -3.72. The predicted octanol–water partition coefficient (Wildman–Crippen LogP) is 3.61. The Labute approximate surface area is 189 Å². The van der Waals surface area contributed by atoms with Gasteiger partial charge in [-0.2, -0.15) is 5.10 Å². The zero-order chi connectivity index (χ0) is 22.9. The first-order chi connectivity index (χ1) is 15.4. The number of rotatable bonds is 9. The Morgan fingerprint density at radius 2 is 1.78 bits per heavy atom. The summed E-state index contributed by atoms with van der Waals surface area (Å²) in [5, 5.41) is 13.5. The number of aryl methyl sites for hydroxylation is 2. The number of carboxylic acids is 1. The zero-order valence-electron chi connectivity index (χ0n) is 17.6. The standard InChI is InChI=1S/C23H22N4O4S/c1-15-11-16(2)26-23(25-15)32-14-21(28)27-24-12-19-5-3-4-6-20(19)31-13-17-7-9-18(10-8-17)22(29)30/h3-12H,13-14H2,1-2H3,(H,27,28)(H,29,30)/b24-12+. The van der Waals surface area contributed by atoms with Crippen LogP contribution < -0.4 is 10.2 Å². The Bertz CT molecular complexity index is 1110. The van der Waals surface area contributed by atoms with Crippen LogP contribution in [0.25, 0.3) is 0 Å². The Morgan fingerprint density at radius 3 is 2.47 bits per heavy atom. The van der Waals surface area contributed by atoms with Crippen LogP contribution in [0.15, 0.2) is 64.9 Å². The Balaban J connectivity index is 1.53. The molecule has 3 aromatic rings.